The second-order valence-corrected chi connectivity index (χ2v) is 7.51. The van der Waals surface area contributed by atoms with Crippen molar-refractivity contribution in [3.8, 4) is 22.3 Å². The molecule has 0 N–H and O–H groups in total. The fourth-order valence-corrected chi connectivity index (χ4v) is 4.03. The molecule has 0 amide bonds. The van der Waals surface area contributed by atoms with E-state index in [-0.39, 0.29) is 16.7 Å². The first-order valence-corrected chi connectivity index (χ1v) is 8.97. The average Bonchev–Trinajstić information content (AvgIpc) is 2.58. The molecule has 2 aromatic rings. The Labute approximate surface area is 146 Å². The molecule has 1 saturated carbocycles. The van der Waals surface area contributed by atoms with Gasteiger partial charge in [-0.05, 0) is 54.4 Å². The summed E-state index contributed by atoms with van der Waals surface area (Å²) in [5.41, 5.74) is 2.25. The molecule has 0 unspecified atom stereocenters. The van der Waals surface area contributed by atoms with Crippen LogP contribution in [0, 0.1) is 36.2 Å². The van der Waals surface area contributed by atoms with Crippen LogP contribution in [0.15, 0.2) is 24.3 Å². The summed E-state index contributed by atoms with van der Waals surface area (Å²) in [6, 6.07) is 5.10. The molecule has 0 atom stereocenters. The second kappa shape index (κ2) is 6.05. The Kier molecular flexibility index (Phi) is 3.98. The van der Waals surface area contributed by atoms with Gasteiger partial charge in [0.25, 0.3) is 0 Å². The molecule has 0 radical (unpaired) electrons. The maximum absolute atomic E-state index is 14.5. The van der Waals surface area contributed by atoms with Gasteiger partial charge >= 0.3 is 0 Å². The molecular formula is C22H21F3. The summed E-state index contributed by atoms with van der Waals surface area (Å²) in [7, 11) is 0. The summed E-state index contributed by atoms with van der Waals surface area (Å²) >= 11 is 0. The van der Waals surface area contributed by atoms with E-state index >= 15 is 0 Å². The van der Waals surface area contributed by atoms with E-state index in [1.165, 1.54) is 12.8 Å². The van der Waals surface area contributed by atoms with Crippen LogP contribution in [-0.4, -0.2) is 0 Å². The van der Waals surface area contributed by atoms with E-state index in [9.17, 15) is 13.2 Å². The summed E-state index contributed by atoms with van der Waals surface area (Å²) in [5, 5.41) is 0. The molecule has 2 aliphatic rings. The quantitative estimate of drug-likeness (QED) is 0.475. The van der Waals surface area contributed by atoms with E-state index in [0.717, 1.165) is 18.8 Å². The zero-order valence-corrected chi connectivity index (χ0v) is 14.5. The van der Waals surface area contributed by atoms with Crippen LogP contribution in [0.4, 0.5) is 13.2 Å². The van der Waals surface area contributed by atoms with Crippen LogP contribution in [0.25, 0.3) is 28.3 Å². The van der Waals surface area contributed by atoms with Crippen molar-refractivity contribution in [2.45, 2.75) is 39.5 Å². The molecule has 0 aromatic heterocycles. The normalized spacial score (nSPS) is 21.8. The van der Waals surface area contributed by atoms with Crippen molar-refractivity contribution in [2.75, 3.05) is 0 Å². The number of fused-ring (bicyclic) bond motifs is 4. The van der Waals surface area contributed by atoms with E-state index in [1.54, 1.807) is 31.2 Å². The number of allylic oxidation sites excluding steroid dienone is 1. The summed E-state index contributed by atoms with van der Waals surface area (Å²) < 4.78 is 43.3. The minimum absolute atomic E-state index is 0.0809. The fraction of sp³-hybridized carbons (Fsp3) is 0.364. The molecule has 2 aromatic carbocycles. The summed E-state index contributed by atoms with van der Waals surface area (Å²) in [6.07, 6.45) is 8.26. The minimum Gasteiger partial charge on any atom is -0.206 e. The predicted octanol–water partition coefficient (Wildman–Crippen LogP) is 6.90. The zero-order chi connectivity index (χ0) is 17.7. The molecule has 25 heavy (non-hydrogen) atoms. The number of hydrogen-bond donors (Lipinski definition) is 0. The van der Waals surface area contributed by atoms with Gasteiger partial charge in [0, 0.05) is 16.7 Å². The largest absolute Gasteiger partial charge is 0.206 e. The van der Waals surface area contributed by atoms with Crippen molar-refractivity contribution >= 4 is 6.08 Å². The van der Waals surface area contributed by atoms with Gasteiger partial charge in [0.15, 0.2) is 11.6 Å². The molecule has 0 bridgehead atoms. The van der Waals surface area contributed by atoms with Crippen LogP contribution < -0.4 is 0 Å². The molecule has 0 nitrogen and oxygen atoms in total. The molecule has 0 spiro atoms. The van der Waals surface area contributed by atoms with Crippen LogP contribution in [-0.2, 0) is 0 Å². The van der Waals surface area contributed by atoms with Crippen molar-refractivity contribution in [1.29, 1.82) is 0 Å². The van der Waals surface area contributed by atoms with Gasteiger partial charge in [-0.1, -0.05) is 44.1 Å². The first kappa shape index (κ1) is 16.4. The zero-order valence-electron chi connectivity index (χ0n) is 14.5. The van der Waals surface area contributed by atoms with Gasteiger partial charge in [-0.25, -0.2) is 13.2 Å². The first-order valence-electron chi connectivity index (χ1n) is 8.97. The number of halogens is 3. The molecule has 1 fully saturated rings. The predicted molar refractivity (Wildman–Crippen MR) is 95.6 cm³/mol. The van der Waals surface area contributed by atoms with E-state index in [4.69, 9.17) is 0 Å². The van der Waals surface area contributed by atoms with Crippen molar-refractivity contribution in [3.63, 3.8) is 0 Å². The van der Waals surface area contributed by atoms with Crippen molar-refractivity contribution < 1.29 is 13.2 Å². The summed E-state index contributed by atoms with van der Waals surface area (Å²) in [4.78, 5) is 0. The third-order valence-corrected chi connectivity index (χ3v) is 5.72. The smallest absolute Gasteiger partial charge is 0.168 e. The number of hydrogen-bond acceptors (Lipinski definition) is 0. The number of aryl methyl sites for hydroxylation is 1. The van der Waals surface area contributed by atoms with E-state index in [1.807, 2.05) is 6.08 Å². The molecule has 0 aliphatic heterocycles. The molecular weight excluding hydrogens is 321 g/mol. The Morgan fingerprint density at radius 1 is 0.880 bits per heavy atom. The Morgan fingerprint density at radius 3 is 2.28 bits per heavy atom. The fourth-order valence-electron chi connectivity index (χ4n) is 4.03. The lowest BCUT2D eigenvalue weighted by molar-refractivity contribution is 0.331. The molecule has 130 valence electrons. The van der Waals surface area contributed by atoms with Crippen LogP contribution in [0.2, 0.25) is 0 Å². The number of rotatable bonds is 2. The van der Waals surface area contributed by atoms with Crippen molar-refractivity contribution in [2.24, 2.45) is 11.8 Å². The van der Waals surface area contributed by atoms with E-state index in [2.05, 4.69) is 6.92 Å². The standard InChI is InChI=1S/C22H21F3/c1-12-3-6-14(7-4-12)8-9-15-11-17-16-10-5-13(2)20(23)18(16)19(17)22(25)21(15)24/h5,8-12,14H,3-4,6-7H2,1-2H3/b9-8+. The Hall–Kier alpha value is -2.03. The van der Waals surface area contributed by atoms with Gasteiger partial charge in [0.05, 0.1) is 0 Å². The SMILES string of the molecule is Cc1ccc2c(c1F)-c1c-2cc(/C=C/C2CCC(C)CC2)c(F)c1F. The van der Waals surface area contributed by atoms with Crippen LogP contribution in [0.3, 0.4) is 0 Å². The van der Waals surface area contributed by atoms with Crippen LogP contribution >= 0.6 is 0 Å². The monoisotopic (exact) mass is 342 g/mol. The molecule has 0 saturated heterocycles. The highest BCUT2D eigenvalue weighted by molar-refractivity contribution is 6.03. The van der Waals surface area contributed by atoms with Gasteiger partial charge in [-0.3, -0.25) is 0 Å². The molecule has 2 aliphatic carbocycles. The summed E-state index contributed by atoms with van der Waals surface area (Å²) in [5.74, 6) is -1.10. The third kappa shape index (κ3) is 2.61. The maximum Gasteiger partial charge on any atom is 0.168 e. The lowest BCUT2D eigenvalue weighted by atomic mass is 9.77. The highest BCUT2D eigenvalue weighted by Crippen LogP contribution is 2.51. The van der Waals surface area contributed by atoms with Crippen LogP contribution in [0.1, 0.15) is 43.7 Å². The maximum atomic E-state index is 14.5. The Morgan fingerprint density at radius 2 is 1.56 bits per heavy atom. The topological polar surface area (TPSA) is 0 Å². The molecule has 3 heteroatoms. The summed E-state index contributed by atoms with van der Waals surface area (Å²) in [6.45, 7) is 3.88. The minimum atomic E-state index is -0.939. The third-order valence-electron chi connectivity index (χ3n) is 5.72. The highest BCUT2D eigenvalue weighted by atomic mass is 19.2. The molecule has 4 rings (SSSR count). The average molecular weight is 342 g/mol. The van der Waals surface area contributed by atoms with E-state index < -0.39 is 17.5 Å². The van der Waals surface area contributed by atoms with Gasteiger partial charge in [-0.2, -0.15) is 0 Å². The number of benzene rings is 2. The van der Waals surface area contributed by atoms with Crippen molar-refractivity contribution in [1.82, 2.24) is 0 Å². The Balaban J connectivity index is 1.68. The van der Waals surface area contributed by atoms with Gasteiger partial charge in [0.2, 0.25) is 0 Å². The Bertz CT molecular complexity index is 872. The van der Waals surface area contributed by atoms with Crippen molar-refractivity contribution in [3.05, 3.63) is 52.9 Å². The van der Waals surface area contributed by atoms with Gasteiger partial charge in [0.1, 0.15) is 5.82 Å². The first-order chi connectivity index (χ1) is 12.0. The lowest BCUT2D eigenvalue weighted by Crippen LogP contribution is -2.10. The van der Waals surface area contributed by atoms with Gasteiger partial charge in [-0.15, -0.1) is 0 Å². The van der Waals surface area contributed by atoms with Crippen LogP contribution in [0.5, 0.6) is 0 Å². The highest BCUT2D eigenvalue weighted by Gasteiger charge is 2.32. The lowest BCUT2D eigenvalue weighted by Gasteiger charge is -2.27. The molecule has 0 heterocycles. The second-order valence-electron chi connectivity index (χ2n) is 7.51. The van der Waals surface area contributed by atoms with Gasteiger partial charge < -0.3 is 0 Å². The van der Waals surface area contributed by atoms with E-state index in [0.29, 0.717) is 22.6 Å².